The van der Waals surface area contributed by atoms with Crippen molar-refractivity contribution in [3.05, 3.63) is 64.5 Å². The van der Waals surface area contributed by atoms with Crippen molar-refractivity contribution in [2.75, 3.05) is 13.1 Å². The van der Waals surface area contributed by atoms with Crippen molar-refractivity contribution in [3.8, 4) is 0 Å². The monoisotopic (exact) mass is 392 g/mol. The largest absolute Gasteiger partial charge is 0.351 e. The molecule has 0 bridgehead atoms. The Kier molecular flexibility index (Phi) is 6.73. The van der Waals surface area contributed by atoms with E-state index in [0.29, 0.717) is 11.1 Å². The van der Waals surface area contributed by atoms with Crippen molar-refractivity contribution >= 4 is 15.9 Å². The lowest BCUT2D eigenvalue weighted by Gasteiger charge is -2.22. The van der Waals surface area contributed by atoms with Gasteiger partial charge in [-0.15, -0.1) is 0 Å². The second-order valence-electron chi connectivity index (χ2n) is 6.56. The Morgan fingerprint density at radius 2 is 1.63 bits per heavy atom. The van der Waals surface area contributed by atoms with Crippen molar-refractivity contribution in [1.82, 2.24) is 9.62 Å². The fraction of sp³-hybridized carbons (Fsp3) is 0.350. The minimum atomic E-state index is -3.79. The smallest absolute Gasteiger partial charge is 0.244 e. The molecule has 0 saturated heterocycles. The van der Waals surface area contributed by atoms with Gasteiger partial charge in [-0.05, 0) is 49.6 Å². The predicted octanol–water partition coefficient (Wildman–Crippen LogP) is 3.08. The first-order valence-corrected chi connectivity index (χ1v) is 10.2. The maximum absolute atomic E-state index is 13.1. The molecule has 0 radical (unpaired) electrons. The SMILES string of the molecule is CCN(CC(=O)NCc1ccc(F)cc1)S(=O)(=O)c1c(C)cc(C)cc1C. The lowest BCUT2D eigenvalue weighted by atomic mass is 10.1. The van der Waals surface area contributed by atoms with Crippen LogP contribution in [0.4, 0.5) is 4.39 Å². The minimum absolute atomic E-state index is 0.180. The van der Waals surface area contributed by atoms with Gasteiger partial charge in [-0.2, -0.15) is 4.31 Å². The van der Waals surface area contributed by atoms with Crippen molar-refractivity contribution in [1.29, 1.82) is 0 Å². The Bertz CT molecular complexity index is 902. The Morgan fingerprint density at radius 1 is 1.07 bits per heavy atom. The Labute approximate surface area is 160 Å². The normalized spacial score (nSPS) is 11.6. The summed E-state index contributed by atoms with van der Waals surface area (Å²) in [5.74, 6) is -0.760. The number of nitrogens with zero attached hydrogens (tertiary/aromatic N) is 1. The second kappa shape index (κ2) is 8.63. The Morgan fingerprint density at radius 3 is 2.15 bits per heavy atom. The zero-order valence-electron chi connectivity index (χ0n) is 16.0. The van der Waals surface area contributed by atoms with Gasteiger partial charge < -0.3 is 5.32 Å². The van der Waals surface area contributed by atoms with E-state index in [-0.39, 0.29) is 30.3 Å². The van der Waals surface area contributed by atoms with Crippen LogP contribution in [0.2, 0.25) is 0 Å². The number of carbonyl (C=O) groups is 1. The van der Waals surface area contributed by atoms with Gasteiger partial charge in [-0.25, -0.2) is 12.8 Å². The average molecular weight is 392 g/mol. The lowest BCUT2D eigenvalue weighted by Crippen LogP contribution is -2.40. The fourth-order valence-corrected chi connectivity index (χ4v) is 4.91. The molecule has 0 atom stereocenters. The zero-order chi connectivity index (χ0) is 20.2. The Hall–Kier alpha value is -2.25. The second-order valence-corrected chi connectivity index (χ2v) is 8.44. The van der Waals surface area contributed by atoms with E-state index in [2.05, 4.69) is 5.32 Å². The number of likely N-dealkylation sites (N-methyl/N-ethyl adjacent to an activating group) is 1. The molecule has 0 aliphatic carbocycles. The van der Waals surface area contributed by atoms with Gasteiger partial charge in [0.15, 0.2) is 0 Å². The third-order valence-corrected chi connectivity index (χ3v) is 6.51. The van der Waals surface area contributed by atoms with Crippen molar-refractivity contribution < 1.29 is 17.6 Å². The first-order valence-electron chi connectivity index (χ1n) is 8.74. The molecular formula is C20H25FN2O3S. The molecule has 0 saturated carbocycles. The number of hydrogen-bond donors (Lipinski definition) is 1. The molecule has 0 aliphatic heterocycles. The molecule has 0 unspecified atom stereocenters. The van der Waals surface area contributed by atoms with Gasteiger partial charge in [0.2, 0.25) is 15.9 Å². The van der Waals surface area contributed by atoms with Crippen LogP contribution in [0.25, 0.3) is 0 Å². The summed E-state index contributed by atoms with van der Waals surface area (Å²) in [6, 6.07) is 9.41. The number of sulfonamides is 1. The average Bonchev–Trinajstić information content (AvgIpc) is 2.57. The maximum Gasteiger partial charge on any atom is 0.244 e. The topological polar surface area (TPSA) is 66.5 Å². The molecule has 0 spiro atoms. The summed E-state index contributed by atoms with van der Waals surface area (Å²) in [5, 5.41) is 2.68. The third-order valence-electron chi connectivity index (χ3n) is 4.28. The molecule has 0 heterocycles. The van der Waals surface area contributed by atoms with Crippen LogP contribution in [0, 0.1) is 26.6 Å². The highest BCUT2D eigenvalue weighted by Crippen LogP contribution is 2.25. The van der Waals surface area contributed by atoms with Gasteiger partial charge in [-0.1, -0.05) is 36.8 Å². The molecule has 146 valence electrons. The van der Waals surface area contributed by atoms with E-state index in [4.69, 9.17) is 0 Å². The summed E-state index contributed by atoms with van der Waals surface area (Å²) >= 11 is 0. The van der Waals surface area contributed by atoms with Crippen LogP contribution < -0.4 is 5.32 Å². The zero-order valence-corrected chi connectivity index (χ0v) is 16.9. The van der Waals surface area contributed by atoms with Crippen LogP contribution in [0.3, 0.4) is 0 Å². The predicted molar refractivity (Wildman–Crippen MR) is 103 cm³/mol. The maximum atomic E-state index is 13.1. The van der Waals surface area contributed by atoms with Gasteiger partial charge in [0.05, 0.1) is 11.4 Å². The van der Waals surface area contributed by atoms with E-state index in [1.54, 1.807) is 32.9 Å². The number of hydrogen-bond acceptors (Lipinski definition) is 3. The van der Waals surface area contributed by atoms with Crippen LogP contribution in [0.1, 0.15) is 29.2 Å². The van der Waals surface area contributed by atoms with Gasteiger partial charge >= 0.3 is 0 Å². The fourth-order valence-electron chi connectivity index (χ4n) is 3.09. The lowest BCUT2D eigenvalue weighted by molar-refractivity contribution is -0.121. The summed E-state index contributed by atoms with van der Waals surface area (Å²) < 4.78 is 40.2. The van der Waals surface area contributed by atoms with Crippen LogP contribution in [-0.4, -0.2) is 31.7 Å². The summed E-state index contributed by atoms with van der Waals surface area (Å²) in [6.45, 7) is 7.25. The third kappa shape index (κ3) is 5.14. The highest BCUT2D eigenvalue weighted by molar-refractivity contribution is 7.89. The molecule has 7 heteroatoms. The minimum Gasteiger partial charge on any atom is -0.351 e. The molecule has 1 N–H and O–H groups in total. The van der Waals surface area contributed by atoms with E-state index in [1.165, 1.54) is 12.1 Å². The number of carbonyl (C=O) groups excluding carboxylic acids is 1. The van der Waals surface area contributed by atoms with Crippen LogP contribution in [-0.2, 0) is 21.4 Å². The van der Waals surface area contributed by atoms with Crippen molar-refractivity contribution in [2.45, 2.75) is 39.1 Å². The summed E-state index contributed by atoms with van der Waals surface area (Å²) in [6.07, 6.45) is 0. The van der Waals surface area contributed by atoms with Crippen molar-refractivity contribution in [3.63, 3.8) is 0 Å². The van der Waals surface area contributed by atoms with E-state index < -0.39 is 15.9 Å². The van der Waals surface area contributed by atoms with Crippen LogP contribution in [0.15, 0.2) is 41.3 Å². The number of aryl methyl sites for hydroxylation is 3. The first kappa shape index (κ1) is 21.1. The van der Waals surface area contributed by atoms with Crippen LogP contribution >= 0.6 is 0 Å². The van der Waals surface area contributed by atoms with E-state index in [0.717, 1.165) is 15.4 Å². The molecule has 1 amide bonds. The first-order chi connectivity index (χ1) is 12.6. The molecule has 2 rings (SSSR count). The van der Waals surface area contributed by atoms with Gasteiger partial charge in [0, 0.05) is 13.1 Å². The van der Waals surface area contributed by atoms with E-state index in [1.807, 2.05) is 19.1 Å². The number of rotatable bonds is 7. The summed E-state index contributed by atoms with van der Waals surface area (Å²) in [5.41, 5.74) is 3.06. The molecule has 2 aromatic rings. The van der Waals surface area contributed by atoms with E-state index >= 15 is 0 Å². The molecule has 0 aromatic heterocycles. The molecule has 27 heavy (non-hydrogen) atoms. The molecule has 0 fully saturated rings. The summed E-state index contributed by atoms with van der Waals surface area (Å²) in [7, 11) is -3.79. The van der Waals surface area contributed by atoms with Crippen molar-refractivity contribution in [2.24, 2.45) is 0 Å². The molecule has 2 aromatic carbocycles. The standard InChI is InChI=1S/C20H25FN2O3S/c1-5-23(13-19(24)22-12-17-6-8-18(21)9-7-17)27(25,26)20-15(3)10-14(2)11-16(20)4/h6-11H,5,12-13H2,1-4H3,(H,22,24). The summed E-state index contributed by atoms with van der Waals surface area (Å²) in [4.78, 5) is 12.5. The molecule has 5 nitrogen and oxygen atoms in total. The molecular weight excluding hydrogens is 367 g/mol. The van der Waals surface area contributed by atoms with Gasteiger partial charge in [0.1, 0.15) is 5.82 Å². The van der Waals surface area contributed by atoms with Gasteiger partial charge in [0.25, 0.3) is 0 Å². The van der Waals surface area contributed by atoms with Crippen LogP contribution in [0.5, 0.6) is 0 Å². The number of halogens is 1. The quantitative estimate of drug-likeness (QED) is 0.787. The van der Waals surface area contributed by atoms with Gasteiger partial charge in [-0.3, -0.25) is 4.79 Å². The number of amides is 1. The van der Waals surface area contributed by atoms with E-state index in [9.17, 15) is 17.6 Å². The highest BCUT2D eigenvalue weighted by Gasteiger charge is 2.28. The number of nitrogens with one attached hydrogen (secondary N) is 1. The molecule has 0 aliphatic rings. The Balaban J connectivity index is 2.13. The highest BCUT2D eigenvalue weighted by atomic mass is 32.2. The number of benzene rings is 2.